The molecule has 0 aliphatic carbocycles. The van der Waals surface area contributed by atoms with Gasteiger partial charge in [0.25, 0.3) is 0 Å². The first kappa shape index (κ1) is 25.5. The van der Waals surface area contributed by atoms with Gasteiger partial charge in [-0.1, -0.05) is 44.4 Å². The Morgan fingerprint density at radius 2 is 1.57 bits per heavy atom. The van der Waals surface area contributed by atoms with Gasteiger partial charge in [-0.15, -0.1) is 0 Å². The lowest BCUT2D eigenvalue weighted by Crippen LogP contribution is -2.12. The second kappa shape index (κ2) is 12.4. The SMILES string of the molecule is CCCCCCC(C)Oc1ccc(C(=O)Oc2ccc(-c3ccc(C(=O)O)c(C#N)c3)cc2)cc1. The molecule has 0 aliphatic rings. The van der Waals surface area contributed by atoms with Crippen molar-refractivity contribution in [2.24, 2.45) is 0 Å². The van der Waals surface area contributed by atoms with Crippen LogP contribution in [0.4, 0.5) is 0 Å². The first-order chi connectivity index (χ1) is 16.9. The van der Waals surface area contributed by atoms with Crippen molar-refractivity contribution in [2.45, 2.75) is 52.1 Å². The highest BCUT2D eigenvalue weighted by Crippen LogP contribution is 2.25. The molecule has 0 aliphatic heterocycles. The molecule has 1 N–H and O–H groups in total. The molecule has 180 valence electrons. The molecule has 6 nitrogen and oxygen atoms in total. The highest BCUT2D eigenvalue weighted by Gasteiger charge is 2.13. The number of hydrogen-bond donors (Lipinski definition) is 1. The Labute approximate surface area is 205 Å². The number of nitriles is 1. The molecule has 0 aromatic heterocycles. The number of carboxylic acid groups (broad SMARTS) is 1. The second-order valence-electron chi connectivity index (χ2n) is 8.39. The summed E-state index contributed by atoms with van der Waals surface area (Å²) >= 11 is 0. The van der Waals surface area contributed by atoms with Crippen molar-refractivity contribution in [3.63, 3.8) is 0 Å². The molecule has 35 heavy (non-hydrogen) atoms. The minimum atomic E-state index is -1.15. The Morgan fingerprint density at radius 1 is 0.914 bits per heavy atom. The van der Waals surface area contributed by atoms with E-state index in [0.29, 0.717) is 16.9 Å². The van der Waals surface area contributed by atoms with Crippen LogP contribution in [0, 0.1) is 11.3 Å². The van der Waals surface area contributed by atoms with E-state index in [-0.39, 0.29) is 17.2 Å². The number of aromatic carboxylic acids is 1. The molecule has 0 amide bonds. The minimum absolute atomic E-state index is 0.0420. The number of carbonyl (C=O) groups excluding carboxylic acids is 1. The van der Waals surface area contributed by atoms with Crippen LogP contribution in [0.5, 0.6) is 11.5 Å². The number of benzene rings is 3. The lowest BCUT2D eigenvalue weighted by molar-refractivity contribution is 0.0694. The fraction of sp³-hybridized carbons (Fsp3) is 0.276. The fourth-order valence-electron chi connectivity index (χ4n) is 3.70. The maximum atomic E-state index is 12.5. The normalized spacial score (nSPS) is 11.3. The van der Waals surface area contributed by atoms with Gasteiger partial charge in [-0.3, -0.25) is 0 Å². The molecule has 0 heterocycles. The van der Waals surface area contributed by atoms with Gasteiger partial charge in [0.05, 0.1) is 22.8 Å². The van der Waals surface area contributed by atoms with Crippen LogP contribution in [0.1, 0.15) is 72.2 Å². The van der Waals surface area contributed by atoms with E-state index in [9.17, 15) is 14.9 Å². The second-order valence-corrected chi connectivity index (χ2v) is 8.39. The van der Waals surface area contributed by atoms with E-state index in [4.69, 9.17) is 14.6 Å². The van der Waals surface area contributed by atoms with Crippen LogP contribution in [0.15, 0.2) is 66.7 Å². The summed E-state index contributed by atoms with van der Waals surface area (Å²) in [5, 5.41) is 18.4. The van der Waals surface area contributed by atoms with Gasteiger partial charge >= 0.3 is 11.9 Å². The van der Waals surface area contributed by atoms with E-state index in [1.165, 1.54) is 31.4 Å². The van der Waals surface area contributed by atoms with Crippen LogP contribution in [-0.2, 0) is 0 Å². The topological polar surface area (TPSA) is 96.6 Å². The largest absolute Gasteiger partial charge is 0.491 e. The number of carbonyl (C=O) groups is 2. The van der Waals surface area contributed by atoms with E-state index in [0.717, 1.165) is 24.2 Å². The number of carboxylic acids is 1. The summed E-state index contributed by atoms with van der Waals surface area (Å²) in [6, 6.07) is 20.2. The summed E-state index contributed by atoms with van der Waals surface area (Å²) in [6.45, 7) is 4.25. The van der Waals surface area contributed by atoms with Crippen LogP contribution in [0.3, 0.4) is 0 Å². The zero-order valence-corrected chi connectivity index (χ0v) is 20.0. The summed E-state index contributed by atoms with van der Waals surface area (Å²) in [4.78, 5) is 23.7. The van der Waals surface area contributed by atoms with Crippen LogP contribution in [0.2, 0.25) is 0 Å². The smallest absolute Gasteiger partial charge is 0.343 e. The molecular formula is C29H29NO5. The average Bonchev–Trinajstić information content (AvgIpc) is 2.87. The van der Waals surface area contributed by atoms with Crippen molar-refractivity contribution < 1.29 is 24.2 Å². The lowest BCUT2D eigenvalue weighted by atomic mass is 9.99. The van der Waals surface area contributed by atoms with Gasteiger partial charge in [-0.05, 0) is 79.4 Å². The number of unbranched alkanes of at least 4 members (excludes halogenated alkanes) is 3. The predicted molar refractivity (Wildman–Crippen MR) is 134 cm³/mol. The summed E-state index contributed by atoms with van der Waals surface area (Å²) in [5.74, 6) is -0.525. The minimum Gasteiger partial charge on any atom is -0.491 e. The monoisotopic (exact) mass is 471 g/mol. The third-order valence-electron chi connectivity index (χ3n) is 5.66. The molecule has 3 aromatic carbocycles. The van der Waals surface area contributed by atoms with E-state index < -0.39 is 11.9 Å². The summed E-state index contributed by atoms with van der Waals surface area (Å²) < 4.78 is 11.4. The Hall–Kier alpha value is -4.11. The van der Waals surface area contributed by atoms with Crippen molar-refractivity contribution in [3.05, 3.63) is 83.4 Å². The van der Waals surface area contributed by atoms with Gasteiger partial charge in [-0.25, -0.2) is 9.59 Å². The molecule has 0 fully saturated rings. The molecule has 0 saturated heterocycles. The van der Waals surface area contributed by atoms with Crippen molar-refractivity contribution in [2.75, 3.05) is 0 Å². The molecule has 1 unspecified atom stereocenters. The van der Waals surface area contributed by atoms with Crippen LogP contribution in [0.25, 0.3) is 11.1 Å². The van der Waals surface area contributed by atoms with Gasteiger partial charge in [0, 0.05) is 0 Å². The third-order valence-corrected chi connectivity index (χ3v) is 5.66. The first-order valence-corrected chi connectivity index (χ1v) is 11.8. The molecule has 1 atom stereocenters. The van der Waals surface area contributed by atoms with E-state index in [1.807, 2.05) is 6.07 Å². The summed E-state index contributed by atoms with van der Waals surface area (Å²) in [7, 11) is 0. The fourth-order valence-corrected chi connectivity index (χ4v) is 3.70. The van der Waals surface area contributed by atoms with Crippen molar-refractivity contribution in [3.8, 4) is 28.7 Å². The molecule has 0 bridgehead atoms. The highest BCUT2D eigenvalue weighted by molar-refractivity contribution is 5.92. The molecule has 3 rings (SSSR count). The predicted octanol–water partition coefficient (Wildman–Crippen LogP) is 6.88. The Kier molecular flexibility index (Phi) is 9.02. The number of rotatable bonds is 11. The van der Waals surface area contributed by atoms with E-state index in [1.54, 1.807) is 54.6 Å². The molecule has 3 aromatic rings. The highest BCUT2D eigenvalue weighted by atomic mass is 16.5. The van der Waals surface area contributed by atoms with Crippen LogP contribution in [-0.4, -0.2) is 23.1 Å². The summed E-state index contributed by atoms with van der Waals surface area (Å²) in [6.07, 6.45) is 5.94. The third kappa shape index (κ3) is 7.18. The van der Waals surface area contributed by atoms with Crippen molar-refractivity contribution in [1.29, 1.82) is 5.26 Å². The van der Waals surface area contributed by atoms with Gasteiger partial charge in [0.15, 0.2) is 0 Å². The summed E-state index contributed by atoms with van der Waals surface area (Å²) in [5.41, 5.74) is 1.92. The number of hydrogen-bond acceptors (Lipinski definition) is 5. The lowest BCUT2D eigenvalue weighted by Gasteiger charge is -2.14. The van der Waals surface area contributed by atoms with Gasteiger partial charge in [0.1, 0.15) is 17.6 Å². The first-order valence-electron chi connectivity index (χ1n) is 11.8. The zero-order chi connectivity index (χ0) is 25.2. The number of nitrogens with zero attached hydrogens (tertiary/aromatic N) is 1. The maximum absolute atomic E-state index is 12.5. The molecule has 0 radical (unpaired) electrons. The maximum Gasteiger partial charge on any atom is 0.343 e. The average molecular weight is 472 g/mol. The van der Waals surface area contributed by atoms with Gasteiger partial charge in [0.2, 0.25) is 0 Å². The van der Waals surface area contributed by atoms with E-state index in [2.05, 4.69) is 13.8 Å². The van der Waals surface area contributed by atoms with Crippen LogP contribution >= 0.6 is 0 Å². The molecule has 0 saturated carbocycles. The van der Waals surface area contributed by atoms with E-state index >= 15 is 0 Å². The van der Waals surface area contributed by atoms with Gasteiger partial charge in [-0.2, -0.15) is 5.26 Å². The van der Waals surface area contributed by atoms with Crippen LogP contribution < -0.4 is 9.47 Å². The molecular weight excluding hydrogens is 442 g/mol. The Morgan fingerprint density at radius 3 is 2.20 bits per heavy atom. The molecule has 0 spiro atoms. The number of esters is 1. The number of ether oxygens (including phenoxy) is 2. The Bertz CT molecular complexity index is 1190. The standard InChI is InChI=1S/C29H29NO5/c1-3-4-5-6-7-20(2)34-25-15-10-22(11-16-25)29(33)35-26-13-8-21(9-14-26)23-12-17-27(28(31)32)24(18-23)19-30/h8-18,20H,3-7H2,1-2H3,(H,31,32). The quantitative estimate of drug-likeness (QED) is 0.186. The Balaban J connectivity index is 1.59. The zero-order valence-electron chi connectivity index (χ0n) is 20.0. The molecule has 6 heteroatoms. The van der Waals surface area contributed by atoms with Crippen molar-refractivity contribution in [1.82, 2.24) is 0 Å². The van der Waals surface area contributed by atoms with Crippen molar-refractivity contribution >= 4 is 11.9 Å². The van der Waals surface area contributed by atoms with Gasteiger partial charge < -0.3 is 14.6 Å².